The van der Waals surface area contributed by atoms with Gasteiger partial charge < -0.3 is 9.80 Å². The van der Waals surface area contributed by atoms with E-state index < -0.39 is 10.0 Å². The molecule has 156 valence electrons. The molecule has 0 bridgehead atoms. The number of amides is 1. The zero-order valence-corrected chi connectivity index (χ0v) is 17.5. The van der Waals surface area contributed by atoms with Crippen molar-refractivity contribution in [1.29, 1.82) is 0 Å². The number of rotatable bonds is 6. The molecule has 0 aliphatic carbocycles. The Morgan fingerprint density at radius 2 is 1.50 bits per heavy atom. The first-order valence-corrected chi connectivity index (χ1v) is 11.6. The molecule has 1 aliphatic rings. The second kappa shape index (κ2) is 8.85. The van der Waals surface area contributed by atoms with Gasteiger partial charge in [0.2, 0.25) is 15.9 Å². The van der Waals surface area contributed by atoms with E-state index in [9.17, 15) is 13.2 Å². The summed E-state index contributed by atoms with van der Waals surface area (Å²) >= 11 is 0. The third kappa shape index (κ3) is 4.63. The van der Waals surface area contributed by atoms with Crippen LogP contribution >= 0.6 is 0 Å². The van der Waals surface area contributed by atoms with E-state index in [1.807, 2.05) is 47.4 Å². The average Bonchev–Trinajstić information content (AvgIpc) is 2.79. The maximum Gasteiger partial charge on any atom is 0.240 e. The lowest BCUT2D eigenvalue weighted by molar-refractivity contribution is -0.131. The maximum atomic E-state index is 12.6. The van der Waals surface area contributed by atoms with Gasteiger partial charge in [0.15, 0.2) is 0 Å². The molecule has 30 heavy (non-hydrogen) atoms. The molecule has 6 nitrogen and oxygen atoms in total. The molecule has 0 radical (unpaired) electrons. The number of carbonyl (C=O) groups is 1. The number of anilines is 1. The molecule has 0 unspecified atom stereocenters. The summed E-state index contributed by atoms with van der Waals surface area (Å²) < 4.78 is 27.7. The first kappa shape index (κ1) is 20.4. The Hall–Kier alpha value is -2.90. The van der Waals surface area contributed by atoms with Crippen LogP contribution in [0.5, 0.6) is 0 Å². The van der Waals surface area contributed by atoms with E-state index in [2.05, 4.69) is 21.8 Å². The number of fused-ring (bicyclic) bond motifs is 1. The van der Waals surface area contributed by atoms with Crippen LogP contribution in [0.25, 0.3) is 10.8 Å². The summed E-state index contributed by atoms with van der Waals surface area (Å²) in [5, 5.41) is 1.86. The van der Waals surface area contributed by atoms with Gasteiger partial charge >= 0.3 is 0 Å². The zero-order valence-electron chi connectivity index (χ0n) is 16.7. The lowest BCUT2D eigenvalue weighted by Gasteiger charge is -2.36. The van der Waals surface area contributed by atoms with Gasteiger partial charge in [0.25, 0.3) is 0 Å². The standard InChI is InChI=1S/C23H25N3O3S/c27-23(26-16-14-25(15-17-26)21-8-2-1-3-9-21)12-13-24-30(28,29)22-11-10-19-6-4-5-7-20(19)18-22/h1-11,18,24H,12-17H2. The molecule has 1 fully saturated rings. The summed E-state index contributed by atoms with van der Waals surface area (Å²) in [6, 6.07) is 22.8. The molecule has 0 aromatic heterocycles. The molecular formula is C23H25N3O3S. The molecule has 0 spiro atoms. The minimum absolute atomic E-state index is 0.0241. The Bertz CT molecular complexity index is 1120. The van der Waals surface area contributed by atoms with Crippen molar-refractivity contribution in [3.63, 3.8) is 0 Å². The number of nitrogens with zero attached hydrogens (tertiary/aromatic N) is 2. The molecule has 0 saturated carbocycles. The van der Waals surface area contributed by atoms with E-state index in [1.54, 1.807) is 18.2 Å². The van der Waals surface area contributed by atoms with Crippen molar-refractivity contribution in [3.05, 3.63) is 72.8 Å². The number of piperazine rings is 1. The molecule has 3 aromatic rings. The van der Waals surface area contributed by atoms with E-state index in [-0.39, 0.29) is 23.8 Å². The fraction of sp³-hybridized carbons (Fsp3) is 0.261. The van der Waals surface area contributed by atoms with E-state index in [0.29, 0.717) is 13.1 Å². The highest BCUT2D eigenvalue weighted by molar-refractivity contribution is 7.89. The largest absolute Gasteiger partial charge is 0.368 e. The minimum Gasteiger partial charge on any atom is -0.368 e. The number of nitrogens with one attached hydrogen (secondary N) is 1. The number of hydrogen-bond donors (Lipinski definition) is 1. The highest BCUT2D eigenvalue weighted by atomic mass is 32.2. The summed E-state index contributed by atoms with van der Waals surface area (Å²) in [6.45, 7) is 2.93. The van der Waals surface area contributed by atoms with Crippen molar-refractivity contribution in [2.24, 2.45) is 0 Å². The molecule has 1 N–H and O–H groups in total. The van der Waals surface area contributed by atoms with Crippen molar-refractivity contribution in [2.75, 3.05) is 37.6 Å². The Kier molecular flexibility index (Phi) is 6.01. The van der Waals surface area contributed by atoms with Crippen LogP contribution in [-0.2, 0) is 14.8 Å². The van der Waals surface area contributed by atoms with Crippen LogP contribution in [0.4, 0.5) is 5.69 Å². The summed E-state index contributed by atoms with van der Waals surface area (Å²) in [6.07, 6.45) is 0.151. The third-order valence-corrected chi connectivity index (χ3v) is 6.87. The maximum absolute atomic E-state index is 12.6. The van der Waals surface area contributed by atoms with Crippen molar-refractivity contribution in [1.82, 2.24) is 9.62 Å². The predicted octanol–water partition coefficient (Wildman–Crippen LogP) is 2.86. The number of carbonyl (C=O) groups excluding carboxylic acids is 1. The number of benzene rings is 3. The average molecular weight is 424 g/mol. The Morgan fingerprint density at radius 1 is 0.833 bits per heavy atom. The fourth-order valence-corrected chi connectivity index (χ4v) is 4.79. The Morgan fingerprint density at radius 3 is 2.23 bits per heavy atom. The predicted molar refractivity (Wildman–Crippen MR) is 119 cm³/mol. The SMILES string of the molecule is O=C(CCNS(=O)(=O)c1ccc2ccccc2c1)N1CCN(c2ccccc2)CC1. The van der Waals surface area contributed by atoms with Crippen molar-refractivity contribution in [2.45, 2.75) is 11.3 Å². The van der Waals surface area contributed by atoms with Gasteiger partial charge in [-0.3, -0.25) is 4.79 Å². The van der Waals surface area contributed by atoms with E-state index in [4.69, 9.17) is 0 Å². The zero-order chi connectivity index (χ0) is 21.0. The normalized spacial score (nSPS) is 14.8. The van der Waals surface area contributed by atoms with Crippen LogP contribution < -0.4 is 9.62 Å². The van der Waals surface area contributed by atoms with Crippen molar-refractivity contribution >= 4 is 32.4 Å². The van der Waals surface area contributed by atoms with E-state index >= 15 is 0 Å². The summed E-state index contributed by atoms with van der Waals surface area (Å²) in [4.78, 5) is 16.8. The molecule has 1 heterocycles. The van der Waals surface area contributed by atoms with Gasteiger partial charge in [-0.25, -0.2) is 13.1 Å². The summed E-state index contributed by atoms with van der Waals surface area (Å²) in [7, 11) is -3.65. The van der Waals surface area contributed by atoms with Crippen LogP contribution in [-0.4, -0.2) is 51.9 Å². The number of para-hydroxylation sites is 1. The van der Waals surface area contributed by atoms with Crippen LogP contribution in [0.3, 0.4) is 0 Å². The smallest absolute Gasteiger partial charge is 0.240 e. The summed E-state index contributed by atoms with van der Waals surface area (Å²) in [5.41, 5.74) is 1.16. The lowest BCUT2D eigenvalue weighted by atomic mass is 10.1. The second-order valence-corrected chi connectivity index (χ2v) is 9.13. The second-order valence-electron chi connectivity index (χ2n) is 7.36. The first-order chi connectivity index (χ1) is 14.5. The van der Waals surface area contributed by atoms with Gasteiger partial charge in [-0.1, -0.05) is 48.5 Å². The van der Waals surface area contributed by atoms with Crippen LogP contribution in [0.1, 0.15) is 6.42 Å². The first-order valence-electron chi connectivity index (χ1n) is 10.1. The van der Waals surface area contributed by atoms with Crippen LogP contribution in [0, 0.1) is 0 Å². The quantitative estimate of drug-likeness (QED) is 0.662. The van der Waals surface area contributed by atoms with Gasteiger partial charge in [-0.05, 0) is 35.0 Å². The number of hydrogen-bond acceptors (Lipinski definition) is 4. The van der Waals surface area contributed by atoms with Gasteiger partial charge in [0, 0.05) is 44.8 Å². The fourth-order valence-electron chi connectivity index (χ4n) is 3.72. The molecule has 1 saturated heterocycles. The van der Waals surface area contributed by atoms with Crippen LogP contribution in [0.15, 0.2) is 77.7 Å². The minimum atomic E-state index is -3.65. The molecule has 1 aliphatic heterocycles. The molecule has 4 rings (SSSR count). The Labute approximate surface area is 177 Å². The van der Waals surface area contributed by atoms with E-state index in [1.165, 1.54) is 0 Å². The molecule has 3 aromatic carbocycles. The Balaban J connectivity index is 1.29. The van der Waals surface area contributed by atoms with Gasteiger partial charge in [0.1, 0.15) is 0 Å². The lowest BCUT2D eigenvalue weighted by Crippen LogP contribution is -2.49. The topological polar surface area (TPSA) is 69.7 Å². The van der Waals surface area contributed by atoms with Gasteiger partial charge in [0.05, 0.1) is 4.90 Å². The van der Waals surface area contributed by atoms with Crippen molar-refractivity contribution < 1.29 is 13.2 Å². The van der Waals surface area contributed by atoms with Crippen LogP contribution in [0.2, 0.25) is 0 Å². The number of sulfonamides is 1. The molecular weight excluding hydrogens is 398 g/mol. The summed E-state index contributed by atoms with van der Waals surface area (Å²) in [5.74, 6) is -0.0241. The van der Waals surface area contributed by atoms with E-state index in [0.717, 1.165) is 29.5 Å². The third-order valence-electron chi connectivity index (χ3n) is 5.42. The monoisotopic (exact) mass is 423 g/mol. The van der Waals surface area contributed by atoms with Gasteiger partial charge in [-0.15, -0.1) is 0 Å². The van der Waals surface area contributed by atoms with Gasteiger partial charge in [-0.2, -0.15) is 0 Å². The molecule has 7 heteroatoms. The molecule has 0 atom stereocenters. The molecule has 1 amide bonds. The highest BCUT2D eigenvalue weighted by Gasteiger charge is 2.22. The highest BCUT2D eigenvalue weighted by Crippen LogP contribution is 2.19. The van der Waals surface area contributed by atoms with Crippen molar-refractivity contribution in [3.8, 4) is 0 Å².